The lowest BCUT2D eigenvalue weighted by molar-refractivity contribution is 0.616. The van der Waals surface area contributed by atoms with Gasteiger partial charge in [-0.2, -0.15) is 0 Å². The monoisotopic (exact) mass is 258 g/mol. The second-order valence-electron chi connectivity index (χ2n) is 1.72. The molecule has 0 heterocycles. The Morgan fingerprint density at radius 2 is 1.40 bits per heavy atom. The van der Waals surface area contributed by atoms with Gasteiger partial charge in [0.1, 0.15) is 0 Å². The molecule has 0 spiro atoms. The van der Waals surface area contributed by atoms with Gasteiger partial charge in [0.25, 0.3) is 0 Å². The molecule has 0 aliphatic carbocycles. The number of halogens is 2. The van der Waals surface area contributed by atoms with E-state index in [2.05, 4.69) is 23.6 Å². The highest BCUT2D eigenvalue weighted by atomic mass is 35.7. The molecule has 0 rings (SSSR count). The third-order valence-electron chi connectivity index (χ3n) is 0.922. The van der Waals surface area contributed by atoms with Crippen molar-refractivity contribution in [3.63, 3.8) is 0 Å². The van der Waals surface area contributed by atoms with Crippen molar-refractivity contribution < 1.29 is 9.79 Å². The molecule has 0 aromatic rings. The molecule has 2 nitrogen and oxygen atoms in total. The third-order valence-corrected chi connectivity index (χ3v) is 10.2. The Balaban J connectivity index is 4.56. The van der Waals surface area contributed by atoms with Crippen molar-refractivity contribution in [3.05, 3.63) is 0 Å². The molecule has 0 radical (unpaired) electrons. The van der Waals surface area contributed by atoms with Gasteiger partial charge < -0.3 is 9.79 Å². The minimum atomic E-state index is -3.01. The molecule has 2 atom stereocenters. The summed E-state index contributed by atoms with van der Waals surface area (Å²) in [7, 11) is 0. The molecule has 0 aliphatic rings. The first-order chi connectivity index (χ1) is 4.15. The van der Waals surface area contributed by atoms with Crippen LogP contribution in [-0.2, 0) is 23.6 Å². The zero-order chi connectivity index (χ0) is 8.58. The second-order valence-corrected chi connectivity index (χ2v) is 13.5. The van der Waals surface area contributed by atoms with E-state index in [0.29, 0.717) is 0 Å². The molecular formula is C2H6Cl2O2P2S2. The van der Waals surface area contributed by atoms with Crippen molar-refractivity contribution >= 4 is 57.3 Å². The maximum absolute atomic E-state index is 9.03. The number of hydrogen-bond donors (Lipinski definition) is 2. The van der Waals surface area contributed by atoms with Crippen LogP contribution in [0.2, 0.25) is 0 Å². The number of hydrogen-bond acceptors (Lipinski definition) is 2. The van der Waals surface area contributed by atoms with Crippen LogP contribution in [0.5, 0.6) is 0 Å². The minimum Gasteiger partial charge on any atom is -0.353 e. The van der Waals surface area contributed by atoms with Crippen LogP contribution in [0.15, 0.2) is 0 Å². The summed E-state index contributed by atoms with van der Waals surface area (Å²) >= 11 is 19.7. The van der Waals surface area contributed by atoms with Gasteiger partial charge in [-0.25, -0.2) is 0 Å². The van der Waals surface area contributed by atoms with E-state index in [4.69, 9.17) is 32.3 Å². The molecule has 0 amide bonds. The summed E-state index contributed by atoms with van der Waals surface area (Å²) in [6.07, 6.45) is 0. The molecule has 0 fully saturated rings. The zero-order valence-corrected chi connectivity index (χ0v) is 9.87. The van der Waals surface area contributed by atoms with Gasteiger partial charge in [-0.05, 0) is 30.5 Å². The predicted octanol–water partition coefficient (Wildman–Crippen LogP) is 2.41. The van der Waals surface area contributed by atoms with Crippen LogP contribution in [-0.4, -0.2) is 15.2 Å². The molecule has 8 heteroatoms. The van der Waals surface area contributed by atoms with Crippen molar-refractivity contribution in [2.24, 2.45) is 0 Å². The molecule has 10 heavy (non-hydrogen) atoms. The van der Waals surface area contributed by atoms with Gasteiger partial charge in [0, 0.05) is 0 Å². The molecule has 2 unspecified atom stereocenters. The summed E-state index contributed by atoms with van der Waals surface area (Å²) in [5.41, 5.74) is -6.02. The van der Waals surface area contributed by atoms with Gasteiger partial charge in [-0.15, -0.1) is 0 Å². The van der Waals surface area contributed by atoms with E-state index < -0.39 is 16.6 Å². The SMILES string of the molecule is CC(P(O)(=S)Cl)P(O)(=S)Cl. The maximum atomic E-state index is 9.03. The highest BCUT2D eigenvalue weighted by molar-refractivity contribution is 8.34. The Morgan fingerprint density at radius 3 is 1.40 bits per heavy atom. The Bertz CT molecular complexity index is 185. The largest absolute Gasteiger partial charge is 0.353 e. The van der Waals surface area contributed by atoms with Crippen LogP contribution in [0, 0.1) is 0 Å². The summed E-state index contributed by atoms with van der Waals surface area (Å²) in [5.74, 6) is 0. The topological polar surface area (TPSA) is 40.5 Å². The van der Waals surface area contributed by atoms with Crippen molar-refractivity contribution in [1.82, 2.24) is 0 Å². The molecule has 0 saturated carbocycles. The molecule has 0 bridgehead atoms. The van der Waals surface area contributed by atoms with E-state index >= 15 is 0 Å². The van der Waals surface area contributed by atoms with Crippen LogP contribution in [0.25, 0.3) is 0 Å². The van der Waals surface area contributed by atoms with E-state index in [1.807, 2.05) is 0 Å². The summed E-state index contributed by atoms with van der Waals surface area (Å²) < 4.78 is 0. The normalized spacial score (nSPS) is 26.5. The first-order valence-corrected chi connectivity index (χ1v) is 9.66. The van der Waals surface area contributed by atoms with Crippen molar-refractivity contribution in [3.8, 4) is 0 Å². The van der Waals surface area contributed by atoms with Crippen LogP contribution in [0.1, 0.15) is 6.92 Å². The summed E-state index contributed by atoms with van der Waals surface area (Å²) in [4.78, 5) is 18.1. The summed E-state index contributed by atoms with van der Waals surface area (Å²) in [5, 5.41) is -0.742. The van der Waals surface area contributed by atoms with Gasteiger partial charge in [-0.1, -0.05) is 22.5 Å². The van der Waals surface area contributed by atoms with E-state index in [9.17, 15) is 0 Å². The molecule has 0 aromatic heterocycles. The predicted molar refractivity (Wildman–Crippen MR) is 54.2 cm³/mol. The zero-order valence-electron chi connectivity index (χ0n) is 4.94. The van der Waals surface area contributed by atoms with Gasteiger partial charge >= 0.3 is 0 Å². The fourth-order valence-electron chi connectivity index (χ4n) is 0.176. The molecule has 0 aromatic carbocycles. The summed E-state index contributed by atoms with van der Waals surface area (Å²) in [6.45, 7) is 1.46. The average Bonchev–Trinajstić information content (AvgIpc) is 1.59. The van der Waals surface area contributed by atoms with Crippen LogP contribution in [0.3, 0.4) is 0 Å². The van der Waals surface area contributed by atoms with Gasteiger partial charge in [0.15, 0.2) is 11.2 Å². The first kappa shape index (κ1) is 11.8. The highest BCUT2D eigenvalue weighted by Gasteiger charge is 2.30. The lowest BCUT2D eigenvalue weighted by Crippen LogP contribution is -1.95. The maximum Gasteiger partial charge on any atom is 0.159 e. The first-order valence-electron chi connectivity index (χ1n) is 2.20. The number of rotatable bonds is 2. The van der Waals surface area contributed by atoms with Crippen molar-refractivity contribution in [2.75, 3.05) is 0 Å². The molecule has 2 N–H and O–H groups in total. The molecule has 0 saturated heterocycles. The van der Waals surface area contributed by atoms with Gasteiger partial charge in [0.05, 0.1) is 5.40 Å². The van der Waals surface area contributed by atoms with Crippen LogP contribution < -0.4 is 0 Å². The fourth-order valence-corrected chi connectivity index (χ4v) is 8.18. The highest BCUT2D eigenvalue weighted by Crippen LogP contribution is 2.69. The standard InChI is InChI=1S/C2H6Cl2O2P2S2/c1-2(7(3,5)9)8(4,6)10/h2H,1H3,(H,5,9)(H,6,10). The molecule has 0 aliphatic heterocycles. The van der Waals surface area contributed by atoms with E-state index in [1.165, 1.54) is 6.92 Å². The van der Waals surface area contributed by atoms with Gasteiger partial charge in [0.2, 0.25) is 0 Å². The molecule has 62 valence electrons. The lowest BCUT2D eigenvalue weighted by Gasteiger charge is -2.19. The smallest absolute Gasteiger partial charge is 0.159 e. The second kappa shape index (κ2) is 3.68. The van der Waals surface area contributed by atoms with Crippen molar-refractivity contribution in [2.45, 2.75) is 12.3 Å². The summed E-state index contributed by atoms with van der Waals surface area (Å²) in [6, 6.07) is 0. The third kappa shape index (κ3) is 3.99. The van der Waals surface area contributed by atoms with E-state index in [0.717, 1.165) is 0 Å². The Morgan fingerprint density at radius 1 is 1.20 bits per heavy atom. The lowest BCUT2D eigenvalue weighted by atomic mass is 11.0. The Kier molecular flexibility index (Phi) is 4.34. The van der Waals surface area contributed by atoms with E-state index in [1.54, 1.807) is 0 Å². The Hall–Kier alpha value is 1.80. The molecular weight excluding hydrogens is 253 g/mol. The van der Waals surface area contributed by atoms with Crippen LogP contribution >= 0.6 is 33.7 Å². The Labute approximate surface area is 79.3 Å². The fraction of sp³-hybridized carbons (Fsp3) is 1.00. The van der Waals surface area contributed by atoms with Crippen LogP contribution in [0.4, 0.5) is 0 Å². The van der Waals surface area contributed by atoms with E-state index in [-0.39, 0.29) is 0 Å². The quantitative estimate of drug-likeness (QED) is 0.747. The van der Waals surface area contributed by atoms with Crippen molar-refractivity contribution in [1.29, 1.82) is 0 Å². The average molecular weight is 259 g/mol. The van der Waals surface area contributed by atoms with Gasteiger partial charge in [-0.3, -0.25) is 0 Å². The minimum absolute atomic E-state index is 0.742.